The number of nitrogens with zero attached hydrogens (tertiary/aromatic N) is 2. The summed E-state index contributed by atoms with van der Waals surface area (Å²) in [5.41, 5.74) is 2.85. The van der Waals surface area contributed by atoms with E-state index >= 15 is 0 Å². The van der Waals surface area contributed by atoms with E-state index < -0.39 is 4.92 Å². The van der Waals surface area contributed by atoms with Crippen LogP contribution in [0.25, 0.3) is 22.2 Å². The van der Waals surface area contributed by atoms with Crippen molar-refractivity contribution in [2.45, 2.75) is 0 Å². The van der Waals surface area contributed by atoms with Gasteiger partial charge in [0.1, 0.15) is 5.65 Å². The van der Waals surface area contributed by atoms with Gasteiger partial charge in [-0.25, -0.2) is 4.98 Å². The van der Waals surface area contributed by atoms with E-state index in [1.165, 1.54) is 12.1 Å². The summed E-state index contributed by atoms with van der Waals surface area (Å²) in [4.78, 5) is 17.5. The van der Waals surface area contributed by atoms with Crippen molar-refractivity contribution < 1.29 is 4.92 Å². The van der Waals surface area contributed by atoms with Crippen molar-refractivity contribution in [2.75, 3.05) is 0 Å². The van der Waals surface area contributed by atoms with E-state index in [1.54, 1.807) is 18.3 Å². The van der Waals surface area contributed by atoms with Crippen LogP contribution in [0.3, 0.4) is 0 Å². The molecule has 0 spiro atoms. The van der Waals surface area contributed by atoms with Crippen molar-refractivity contribution in [3.8, 4) is 11.1 Å². The first kappa shape index (κ1) is 10.5. The zero-order valence-corrected chi connectivity index (χ0v) is 9.33. The number of aromatic nitrogens is 2. The summed E-state index contributed by atoms with van der Waals surface area (Å²) in [6.45, 7) is 0. The maximum atomic E-state index is 10.6. The molecule has 2 heterocycles. The van der Waals surface area contributed by atoms with Crippen LogP contribution in [0.15, 0.2) is 48.8 Å². The summed E-state index contributed by atoms with van der Waals surface area (Å²) in [7, 11) is 0. The summed E-state index contributed by atoms with van der Waals surface area (Å²) in [5.74, 6) is 0. The quantitative estimate of drug-likeness (QED) is 0.551. The lowest BCUT2D eigenvalue weighted by Gasteiger charge is -2.02. The van der Waals surface area contributed by atoms with Crippen LogP contribution in [0, 0.1) is 10.1 Å². The van der Waals surface area contributed by atoms with Gasteiger partial charge < -0.3 is 4.98 Å². The van der Waals surface area contributed by atoms with Crippen LogP contribution in [0.2, 0.25) is 0 Å². The second-order valence-corrected chi connectivity index (χ2v) is 3.90. The molecule has 5 nitrogen and oxygen atoms in total. The zero-order valence-electron chi connectivity index (χ0n) is 9.33. The number of H-pyrrole nitrogens is 1. The molecule has 0 saturated carbocycles. The number of benzene rings is 1. The predicted molar refractivity (Wildman–Crippen MR) is 68.2 cm³/mol. The Morgan fingerprint density at radius 1 is 1.11 bits per heavy atom. The lowest BCUT2D eigenvalue weighted by Crippen LogP contribution is -1.87. The normalized spacial score (nSPS) is 10.7. The van der Waals surface area contributed by atoms with Gasteiger partial charge in [0.2, 0.25) is 0 Å². The number of non-ortho nitro benzene ring substituents is 1. The molecular formula is C13H9N3O2. The van der Waals surface area contributed by atoms with Crippen molar-refractivity contribution in [1.29, 1.82) is 0 Å². The Kier molecular flexibility index (Phi) is 2.30. The van der Waals surface area contributed by atoms with Crippen molar-refractivity contribution >= 4 is 16.7 Å². The van der Waals surface area contributed by atoms with Gasteiger partial charge in [-0.05, 0) is 35.4 Å². The van der Waals surface area contributed by atoms with E-state index in [-0.39, 0.29) is 5.69 Å². The summed E-state index contributed by atoms with van der Waals surface area (Å²) in [6.07, 6.45) is 3.54. The topological polar surface area (TPSA) is 71.8 Å². The van der Waals surface area contributed by atoms with Crippen LogP contribution in [0.4, 0.5) is 5.69 Å². The second kappa shape index (κ2) is 3.96. The first-order valence-electron chi connectivity index (χ1n) is 5.42. The SMILES string of the molecule is O=[N+]([O-])c1ccc(-c2ccnc3[nH]ccc23)cc1. The Balaban J connectivity index is 2.14. The van der Waals surface area contributed by atoms with Crippen molar-refractivity contribution in [3.63, 3.8) is 0 Å². The Bertz CT molecular complexity index is 716. The number of hydrogen-bond acceptors (Lipinski definition) is 3. The molecule has 0 radical (unpaired) electrons. The Labute approximate surface area is 102 Å². The van der Waals surface area contributed by atoms with Crippen molar-refractivity contribution in [1.82, 2.24) is 9.97 Å². The Hall–Kier alpha value is -2.69. The minimum Gasteiger partial charge on any atom is -0.346 e. The highest BCUT2D eigenvalue weighted by atomic mass is 16.6. The number of pyridine rings is 1. The predicted octanol–water partition coefficient (Wildman–Crippen LogP) is 3.14. The molecule has 0 amide bonds. The number of rotatable bonds is 2. The molecule has 18 heavy (non-hydrogen) atoms. The molecule has 3 aromatic rings. The van der Waals surface area contributed by atoms with E-state index in [0.717, 1.165) is 22.2 Å². The first-order valence-corrected chi connectivity index (χ1v) is 5.42. The van der Waals surface area contributed by atoms with E-state index in [2.05, 4.69) is 9.97 Å². The molecule has 0 saturated heterocycles. The molecule has 2 aromatic heterocycles. The van der Waals surface area contributed by atoms with E-state index in [1.807, 2.05) is 18.3 Å². The maximum Gasteiger partial charge on any atom is 0.269 e. The van der Waals surface area contributed by atoms with Gasteiger partial charge in [-0.15, -0.1) is 0 Å². The summed E-state index contributed by atoms with van der Waals surface area (Å²) in [5, 5.41) is 11.6. The average Bonchev–Trinajstić information content (AvgIpc) is 2.87. The van der Waals surface area contributed by atoms with Crippen molar-refractivity contribution in [2.24, 2.45) is 0 Å². The molecule has 0 unspecified atom stereocenters. The third-order valence-corrected chi connectivity index (χ3v) is 2.85. The summed E-state index contributed by atoms with van der Waals surface area (Å²) < 4.78 is 0. The number of hydrogen-bond donors (Lipinski definition) is 1. The number of aromatic amines is 1. The highest BCUT2D eigenvalue weighted by Crippen LogP contribution is 2.28. The lowest BCUT2D eigenvalue weighted by molar-refractivity contribution is -0.384. The zero-order chi connectivity index (χ0) is 12.5. The number of nitro groups is 1. The van der Waals surface area contributed by atoms with E-state index in [0.29, 0.717) is 0 Å². The summed E-state index contributed by atoms with van der Waals surface area (Å²) >= 11 is 0. The molecule has 0 aliphatic carbocycles. The Morgan fingerprint density at radius 2 is 1.89 bits per heavy atom. The maximum absolute atomic E-state index is 10.6. The van der Waals surface area contributed by atoms with Crippen LogP contribution in [-0.4, -0.2) is 14.9 Å². The van der Waals surface area contributed by atoms with Crippen LogP contribution in [0.5, 0.6) is 0 Å². The fourth-order valence-corrected chi connectivity index (χ4v) is 1.98. The van der Waals surface area contributed by atoms with Crippen molar-refractivity contribution in [3.05, 3.63) is 58.9 Å². The minimum atomic E-state index is -0.401. The lowest BCUT2D eigenvalue weighted by atomic mass is 10.0. The standard InChI is InChI=1S/C13H9N3O2/c17-16(18)10-3-1-9(2-4-10)11-5-7-14-13-12(11)6-8-15-13/h1-8H,(H,14,15). The highest BCUT2D eigenvalue weighted by Gasteiger charge is 2.08. The fraction of sp³-hybridized carbons (Fsp3) is 0. The fourth-order valence-electron chi connectivity index (χ4n) is 1.98. The molecule has 0 atom stereocenters. The molecule has 1 aromatic carbocycles. The molecule has 0 aliphatic rings. The Morgan fingerprint density at radius 3 is 2.61 bits per heavy atom. The van der Waals surface area contributed by atoms with Gasteiger partial charge in [0.05, 0.1) is 4.92 Å². The average molecular weight is 239 g/mol. The smallest absolute Gasteiger partial charge is 0.269 e. The second-order valence-electron chi connectivity index (χ2n) is 3.90. The van der Waals surface area contributed by atoms with Gasteiger partial charge in [-0.1, -0.05) is 0 Å². The molecule has 3 rings (SSSR count). The molecule has 1 N–H and O–H groups in total. The minimum absolute atomic E-state index is 0.0955. The molecule has 5 heteroatoms. The largest absolute Gasteiger partial charge is 0.346 e. The van der Waals surface area contributed by atoms with Gasteiger partial charge in [0.25, 0.3) is 5.69 Å². The van der Waals surface area contributed by atoms with E-state index in [9.17, 15) is 10.1 Å². The monoisotopic (exact) mass is 239 g/mol. The van der Waals surface area contributed by atoms with E-state index in [4.69, 9.17) is 0 Å². The molecule has 0 aliphatic heterocycles. The van der Waals surface area contributed by atoms with Gasteiger partial charge in [0, 0.05) is 29.9 Å². The van der Waals surface area contributed by atoms with Crippen LogP contribution in [0.1, 0.15) is 0 Å². The number of nitro benzene ring substituents is 1. The molecule has 0 bridgehead atoms. The van der Waals surface area contributed by atoms with Gasteiger partial charge >= 0.3 is 0 Å². The van der Waals surface area contributed by atoms with Crippen LogP contribution >= 0.6 is 0 Å². The molecular weight excluding hydrogens is 230 g/mol. The van der Waals surface area contributed by atoms with Gasteiger partial charge in [-0.3, -0.25) is 10.1 Å². The van der Waals surface area contributed by atoms with Gasteiger partial charge in [-0.2, -0.15) is 0 Å². The first-order chi connectivity index (χ1) is 8.75. The van der Waals surface area contributed by atoms with Crippen LogP contribution in [-0.2, 0) is 0 Å². The third kappa shape index (κ3) is 1.62. The van der Waals surface area contributed by atoms with Crippen LogP contribution < -0.4 is 0 Å². The molecule has 0 fully saturated rings. The highest BCUT2D eigenvalue weighted by molar-refractivity contribution is 5.92. The number of nitrogens with one attached hydrogen (secondary N) is 1. The van der Waals surface area contributed by atoms with Gasteiger partial charge in [0.15, 0.2) is 0 Å². The molecule has 88 valence electrons. The number of fused-ring (bicyclic) bond motifs is 1. The summed E-state index contributed by atoms with van der Waals surface area (Å²) in [6, 6.07) is 10.4. The third-order valence-electron chi connectivity index (χ3n) is 2.85.